The molecule has 1 atom stereocenters. The van der Waals surface area contributed by atoms with E-state index in [1.165, 1.54) is 21.9 Å². The van der Waals surface area contributed by atoms with Gasteiger partial charge in [0.15, 0.2) is 6.61 Å². The molecule has 2 aliphatic heterocycles. The number of hydrogen-bond donors (Lipinski definition) is 3. The summed E-state index contributed by atoms with van der Waals surface area (Å²) in [5.74, 6) is -3.37. The van der Waals surface area contributed by atoms with Crippen LogP contribution in [0, 0.1) is 5.82 Å². The fourth-order valence-corrected chi connectivity index (χ4v) is 5.05. The van der Waals surface area contributed by atoms with Crippen LogP contribution in [0.15, 0.2) is 24.3 Å². The van der Waals surface area contributed by atoms with Gasteiger partial charge in [-0.15, -0.1) is 0 Å². The Hall–Kier alpha value is -4.53. The monoisotopic (exact) mass is 617 g/mol. The van der Waals surface area contributed by atoms with E-state index in [1.54, 1.807) is 11.8 Å². The first kappa shape index (κ1) is 32.4. The molecule has 4 rings (SSSR count). The van der Waals surface area contributed by atoms with Gasteiger partial charge in [-0.2, -0.15) is 0 Å². The van der Waals surface area contributed by atoms with E-state index >= 15 is 0 Å². The Morgan fingerprint density at radius 1 is 1.02 bits per heavy atom. The number of aromatic nitrogens is 1. The second kappa shape index (κ2) is 14.8. The standard InChI is InChI=1S/C29H36FN5O9/c1-2-43-29(42)35-13-11-34(12-14-35)28(41)22(5-6-26(38)39)32-27(40)23-16-24(20-15-18(30)3-4-21(20)31-23)44-17-25(37)33-9-7-19(36)8-10-33/h3-4,15-16,19,22,36H,2,5-14,17H2,1H3,(H,32,40)(H,38,39)/t22-/m0/s1. The number of amides is 4. The number of piperazine rings is 1. The topological polar surface area (TPSA) is 179 Å². The van der Waals surface area contributed by atoms with Crippen LogP contribution in [0.2, 0.25) is 0 Å². The minimum atomic E-state index is -1.21. The van der Waals surface area contributed by atoms with E-state index in [9.17, 15) is 38.6 Å². The van der Waals surface area contributed by atoms with Gasteiger partial charge in [0.25, 0.3) is 11.8 Å². The number of ether oxygens (including phenoxy) is 2. The molecule has 0 unspecified atom stereocenters. The number of carboxylic acid groups (broad SMARTS) is 1. The number of nitrogens with zero attached hydrogens (tertiary/aromatic N) is 4. The molecule has 15 heteroatoms. The molecular weight excluding hydrogens is 581 g/mol. The average molecular weight is 618 g/mol. The number of rotatable bonds is 10. The second-order valence-electron chi connectivity index (χ2n) is 10.5. The lowest BCUT2D eigenvalue weighted by Gasteiger charge is -2.35. The Morgan fingerprint density at radius 2 is 1.70 bits per heavy atom. The highest BCUT2D eigenvalue weighted by Gasteiger charge is 2.31. The van der Waals surface area contributed by atoms with Crippen LogP contribution < -0.4 is 10.1 Å². The lowest BCUT2D eigenvalue weighted by atomic mass is 10.1. The molecule has 2 aromatic rings. The minimum Gasteiger partial charge on any atom is -0.483 e. The first-order valence-electron chi connectivity index (χ1n) is 14.5. The van der Waals surface area contributed by atoms with Gasteiger partial charge in [0.1, 0.15) is 23.3 Å². The maximum absolute atomic E-state index is 14.1. The normalized spacial score (nSPS) is 16.4. The fraction of sp³-hybridized carbons (Fsp3) is 0.517. The number of hydrogen-bond acceptors (Lipinski definition) is 9. The Balaban J connectivity index is 1.50. The average Bonchev–Trinajstić information content (AvgIpc) is 3.01. The van der Waals surface area contributed by atoms with Gasteiger partial charge in [0.2, 0.25) is 5.91 Å². The zero-order valence-corrected chi connectivity index (χ0v) is 24.4. The fourth-order valence-electron chi connectivity index (χ4n) is 5.05. The molecule has 2 fully saturated rings. The SMILES string of the molecule is CCOC(=O)N1CCN(C(=O)[C@H](CCC(=O)O)NC(=O)c2cc(OCC(=O)N3CCC(O)CC3)c3cc(F)ccc3n2)CC1. The highest BCUT2D eigenvalue weighted by Crippen LogP contribution is 2.27. The molecule has 238 valence electrons. The van der Waals surface area contributed by atoms with E-state index < -0.39 is 54.9 Å². The van der Waals surface area contributed by atoms with Crippen molar-refractivity contribution in [2.24, 2.45) is 0 Å². The third-order valence-corrected chi connectivity index (χ3v) is 7.50. The Labute approximate surface area is 252 Å². The molecule has 14 nitrogen and oxygen atoms in total. The maximum atomic E-state index is 14.1. The smallest absolute Gasteiger partial charge is 0.409 e. The zero-order chi connectivity index (χ0) is 31.8. The van der Waals surface area contributed by atoms with Crippen LogP contribution in [-0.2, 0) is 19.1 Å². The van der Waals surface area contributed by atoms with Gasteiger partial charge in [-0.1, -0.05) is 0 Å². The first-order chi connectivity index (χ1) is 21.0. The molecule has 4 amide bonds. The summed E-state index contributed by atoms with van der Waals surface area (Å²) in [6.07, 6.45) is -0.655. The van der Waals surface area contributed by atoms with Crippen molar-refractivity contribution in [3.63, 3.8) is 0 Å². The molecule has 3 heterocycles. The number of benzene rings is 1. The summed E-state index contributed by atoms with van der Waals surface area (Å²) in [6, 6.07) is 3.69. The largest absolute Gasteiger partial charge is 0.483 e. The van der Waals surface area contributed by atoms with Gasteiger partial charge >= 0.3 is 12.1 Å². The molecular formula is C29H36FN5O9. The number of carbonyl (C=O) groups excluding carboxylic acids is 4. The van der Waals surface area contributed by atoms with Crippen LogP contribution in [0.4, 0.5) is 9.18 Å². The summed E-state index contributed by atoms with van der Waals surface area (Å²) in [7, 11) is 0. The number of carboxylic acids is 1. The number of nitrogens with one attached hydrogen (secondary N) is 1. The molecule has 1 aromatic carbocycles. The molecule has 3 N–H and O–H groups in total. The van der Waals surface area contributed by atoms with Crippen molar-refractivity contribution in [2.45, 2.75) is 44.8 Å². The quantitative estimate of drug-likeness (QED) is 0.348. The van der Waals surface area contributed by atoms with Crippen LogP contribution in [0.5, 0.6) is 5.75 Å². The Morgan fingerprint density at radius 3 is 2.36 bits per heavy atom. The van der Waals surface area contributed by atoms with E-state index in [1.807, 2.05) is 0 Å². The second-order valence-corrected chi connectivity index (χ2v) is 10.5. The van der Waals surface area contributed by atoms with Crippen LogP contribution in [0.1, 0.15) is 43.1 Å². The van der Waals surface area contributed by atoms with E-state index in [0.29, 0.717) is 25.9 Å². The van der Waals surface area contributed by atoms with Crippen LogP contribution in [0.3, 0.4) is 0 Å². The molecule has 0 aliphatic carbocycles. The number of likely N-dealkylation sites (tertiary alicyclic amines) is 1. The third-order valence-electron chi connectivity index (χ3n) is 7.50. The molecule has 0 spiro atoms. The Kier molecular flexibility index (Phi) is 10.9. The number of pyridine rings is 1. The predicted octanol–water partition coefficient (Wildman–Crippen LogP) is 1.000. The van der Waals surface area contributed by atoms with Crippen molar-refractivity contribution in [2.75, 3.05) is 52.5 Å². The van der Waals surface area contributed by atoms with Crippen molar-refractivity contribution in [3.05, 3.63) is 35.8 Å². The van der Waals surface area contributed by atoms with Crippen molar-refractivity contribution >= 4 is 40.7 Å². The number of piperidine rings is 1. The van der Waals surface area contributed by atoms with Gasteiger partial charge in [0.05, 0.1) is 18.2 Å². The van der Waals surface area contributed by atoms with E-state index in [0.717, 1.165) is 12.1 Å². The van der Waals surface area contributed by atoms with Gasteiger partial charge in [0, 0.05) is 57.1 Å². The Bertz CT molecular complexity index is 1390. The lowest BCUT2D eigenvalue weighted by Crippen LogP contribution is -2.56. The van der Waals surface area contributed by atoms with Gasteiger partial charge in [-0.25, -0.2) is 14.2 Å². The summed E-state index contributed by atoms with van der Waals surface area (Å²) < 4.78 is 24.9. The summed E-state index contributed by atoms with van der Waals surface area (Å²) in [6.45, 7) is 2.99. The van der Waals surface area contributed by atoms with Gasteiger partial charge < -0.3 is 39.7 Å². The molecule has 0 saturated carbocycles. The highest BCUT2D eigenvalue weighted by atomic mass is 19.1. The van der Waals surface area contributed by atoms with E-state index in [2.05, 4.69) is 10.3 Å². The first-order valence-corrected chi connectivity index (χ1v) is 14.5. The molecule has 44 heavy (non-hydrogen) atoms. The summed E-state index contributed by atoms with van der Waals surface area (Å²) in [5.41, 5.74) is 0.0130. The van der Waals surface area contributed by atoms with Crippen molar-refractivity contribution in [1.29, 1.82) is 0 Å². The maximum Gasteiger partial charge on any atom is 0.409 e. The number of aliphatic hydroxyl groups is 1. The lowest BCUT2D eigenvalue weighted by molar-refractivity contribution is -0.138. The van der Waals surface area contributed by atoms with Crippen LogP contribution in [0.25, 0.3) is 10.9 Å². The molecule has 2 saturated heterocycles. The third kappa shape index (κ3) is 8.30. The van der Waals surface area contributed by atoms with Gasteiger partial charge in [-0.3, -0.25) is 19.2 Å². The predicted molar refractivity (Wildman–Crippen MR) is 152 cm³/mol. The van der Waals surface area contributed by atoms with Crippen LogP contribution in [-0.4, -0.2) is 124 Å². The number of carbonyl (C=O) groups is 5. The van der Waals surface area contributed by atoms with Crippen molar-refractivity contribution < 1.29 is 48.0 Å². The summed E-state index contributed by atoms with van der Waals surface area (Å²) in [5, 5.41) is 21.7. The number of aliphatic carboxylic acids is 1. The van der Waals surface area contributed by atoms with Crippen molar-refractivity contribution in [1.82, 2.24) is 25.0 Å². The van der Waals surface area contributed by atoms with E-state index in [4.69, 9.17) is 9.47 Å². The zero-order valence-electron chi connectivity index (χ0n) is 24.4. The molecule has 2 aliphatic rings. The van der Waals surface area contributed by atoms with Crippen LogP contribution >= 0.6 is 0 Å². The summed E-state index contributed by atoms with van der Waals surface area (Å²) >= 11 is 0. The van der Waals surface area contributed by atoms with E-state index in [-0.39, 0.29) is 67.5 Å². The number of fused-ring (bicyclic) bond motifs is 1. The number of aliphatic hydroxyl groups excluding tert-OH is 1. The molecule has 1 aromatic heterocycles. The van der Waals surface area contributed by atoms with Gasteiger partial charge in [-0.05, 0) is 44.4 Å². The number of halogens is 1. The summed E-state index contributed by atoms with van der Waals surface area (Å²) in [4.78, 5) is 71.6. The highest BCUT2D eigenvalue weighted by molar-refractivity contribution is 5.99. The minimum absolute atomic E-state index is 0.0218. The van der Waals surface area contributed by atoms with Crippen molar-refractivity contribution in [3.8, 4) is 5.75 Å². The molecule has 0 bridgehead atoms. The molecule has 0 radical (unpaired) electrons.